The number of ether oxygens (including phenoxy) is 1. The first-order chi connectivity index (χ1) is 8.52. The molecule has 0 aliphatic carbocycles. The summed E-state index contributed by atoms with van der Waals surface area (Å²) in [6, 6.07) is 4.73. The molecule has 1 aromatic rings. The Morgan fingerprint density at radius 1 is 1.50 bits per heavy atom. The average molecular weight is 317 g/mol. The largest absolute Gasteiger partial charge is 0.469 e. The SMILES string of the molecule is COC(=O)CCNCc1cc(Br)cc([N+](=O)[O-])c1. The molecule has 1 aromatic carbocycles. The predicted molar refractivity (Wildman–Crippen MR) is 69.1 cm³/mol. The standard InChI is InChI=1S/C11H13BrN2O4/c1-18-11(15)2-3-13-7-8-4-9(12)6-10(5-8)14(16)17/h4-6,13H,2-3,7H2,1H3. The Labute approximate surface area is 113 Å². The molecule has 7 heteroatoms. The molecule has 1 N–H and O–H groups in total. The third kappa shape index (κ3) is 4.80. The Kier molecular flexibility index (Phi) is 5.73. The third-order valence-corrected chi connectivity index (χ3v) is 2.67. The minimum atomic E-state index is -0.442. The topological polar surface area (TPSA) is 81.5 Å². The van der Waals surface area contributed by atoms with Crippen LogP contribution in [0.4, 0.5) is 5.69 Å². The van der Waals surface area contributed by atoms with E-state index in [1.54, 1.807) is 6.07 Å². The van der Waals surface area contributed by atoms with E-state index in [-0.39, 0.29) is 18.1 Å². The number of rotatable bonds is 6. The molecular weight excluding hydrogens is 304 g/mol. The number of nitrogens with zero attached hydrogens (tertiary/aromatic N) is 1. The van der Waals surface area contributed by atoms with Crippen molar-refractivity contribution in [1.29, 1.82) is 0 Å². The van der Waals surface area contributed by atoms with Crippen LogP contribution in [0.5, 0.6) is 0 Å². The van der Waals surface area contributed by atoms with Crippen LogP contribution >= 0.6 is 15.9 Å². The van der Waals surface area contributed by atoms with Gasteiger partial charge in [0.25, 0.3) is 5.69 Å². The minimum Gasteiger partial charge on any atom is -0.469 e. The molecule has 18 heavy (non-hydrogen) atoms. The van der Waals surface area contributed by atoms with Gasteiger partial charge in [0.1, 0.15) is 0 Å². The highest BCUT2D eigenvalue weighted by Gasteiger charge is 2.08. The van der Waals surface area contributed by atoms with E-state index >= 15 is 0 Å². The second kappa shape index (κ2) is 7.07. The van der Waals surface area contributed by atoms with Crippen LogP contribution in [0.25, 0.3) is 0 Å². The molecule has 0 aliphatic rings. The number of carbonyl (C=O) groups is 1. The number of nitrogens with one attached hydrogen (secondary N) is 1. The molecule has 0 saturated carbocycles. The van der Waals surface area contributed by atoms with Crippen LogP contribution in [0.15, 0.2) is 22.7 Å². The molecule has 6 nitrogen and oxygen atoms in total. The van der Waals surface area contributed by atoms with E-state index in [2.05, 4.69) is 26.0 Å². The Bertz CT molecular complexity index is 451. The Hall–Kier alpha value is -1.47. The lowest BCUT2D eigenvalue weighted by molar-refractivity contribution is -0.385. The van der Waals surface area contributed by atoms with E-state index in [0.29, 0.717) is 17.6 Å². The van der Waals surface area contributed by atoms with Gasteiger partial charge in [-0.15, -0.1) is 0 Å². The summed E-state index contributed by atoms with van der Waals surface area (Å²) < 4.78 is 5.15. The number of carbonyl (C=O) groups excluding carboxylic acids is 1. The lowest BCUT2D eigenvalue weighted by Crippen LogP contribution is -2.18. The highest BCUT2D eigenvalue weighted by molar-refractivity contribution is 9.10. The summed E-state index contributed by atoms with van der Waals surface area (Å²) in [5.74, 6) is -0.289. The lowest BCUT2D eigenvalue weighted by Gasteiger charge is -2.05. The van der Waals surface area contributed by atoms with Gasteiger partial charge < -0.3 is 10.1 Å². The van der Waals surface area contributed by atoms with Crippen molar-refractivity contribution in [1.82, 2.24) is 5.32 Å². The van der Waals surface area contributed by atoms with Crippen LogP contribution in [0, 0.1) is 10.1 Å². The molecule has 0 atom stereocenters. The van der Waals surface area contributed by atoms with E-state index in [0.717, 1.165) is 5.56 Å². The highest BCUT2D eigenvalue weighted by atomic mass is 79.9. The molecule has 0 bridgehead atoms. The smallest absolute Gasteiger partial charge is 0.306 e. The van der Waals surface area contributed by atoms with Crippen molar-refractivity contribution in [3.63, 3.8) is 0 Å². The Morgan fingerprint density at radius 2 is 2.22 bits per heavy atom. The Morgan fingerprint density at radius 3 is 2.83 bits per heavy atom. The normalized spacial score (nSPS) is 10.1. The van der Waals surface area contributed by atoms with Gasteiger partial charge in [0.15, 0.2) is 0 Å². The van der Waals surface area contributed by atoms with Crippen molar-refractivity contribution in [3.8, 4) is 0 Å². The summed E-state index contributed by atoms with van der Waals surface area (Å²) in [6.07, 6.45) is 0.270. The second-order valence-electron chi connectivity index (χ2n) is 3.58. The summed E-state index contributed by atoms with van der Waals surface area (Å²) in [7, 11) is 1.33. The second-order valence-corrected chi connectivity index (χ2v) is 4.49. The molecule has 0 aliphatic heterocycles. The molecule has 0 aromatic heterocycles. The van der Waals surface area contributed by atoms with Gasteiger partial charge in [-0.1, -0.05) is 15.9 Å². The number of benzene rings is 1. The number of nitro groups is 1. The number of nitro benzene ring substituents is 1. The average Bonchev–Trinajstić information content (AvgIpc) is 2.33. The first-order valence-corrected chi connectivity index (χ1v) is 6.03. The maximum Gasteiger partial charge on any atom is 0.306 e. The zero-order chi connectivity index (χ0) is 13.5. The summed E-state index contributed by atoms with van der Waals surface area (Å²) in [4.78, 5) is 21.1. The van der Waals surface area contributed by atoms with E-state index in [9.17, 15) is 14.9 Å². The van der Waals surface area contributed by atoms with Crippen molar-refractivity contribution < 1.29 is 14.5 Å². The van der Waals surface area contributed by atoms with Crippen molar-refractivity contribution in [2.45, 2.75) is 13.0 Å². The van der Waals surface area contributed by atoms with E-state index < -0.39 is 4.92 Å². The molecule has 0 radical (unpaired) electrons. The molecule has 0 fully saturated rings. The van der Waals surface area contributed by atoms with Crippen molar-refractivity contribution in [2.24, 2.45) is 0 Å². The molecular formula is C11H13BrN2O4. The van der Waals surface area contributed by atoms with Crippen LogP contribution in [0.3, 0.4) is 0 Å². The molecule has 0 amide bonds. The third-order valence-electron chi connectivity index (χ3n) is 2.22. The van der Waals surface area contributed by atoms with Gasteiger partial charge in [-0.2, -0.15) is 0 Å². The van der Waals surface area contributed by atoms with E-state index in [4.69, 9.17) is 0 Å². The Balaban J connectivity index is 2.52. The number of methoxy groups -OCH3 is 1. The fourth-order valence-corrected chi connectivity index (χ4v) is 1.89. The zero-order valence-corrected chi connectivity index (χ0v) is 11.4. The molecule has 0 spiro atoms. The van der Waals surface area contributed by atoms with Crippen molar-refractivity contribution in [3.05, 3.63) is 38.3 Å². The highest BCUT2D eigenvalue weighted by Crippen LogP contribution is 2.21. The number of hydrogen-bond acceptors (Lipinski definition) is 5. The fraction of sp³-hybridized carbons (Fsp3) is 0.364. The summed E-state index contributed by atoms with van der Waals surface area (Å²) >= 11 is 3.22. The first-order valence-electron chi connectivity index (χ1n) is 5.24. The maximum atomic E-state index is 10.9. The van der Waals surface area contributed by atoms with Gasteiger partial charge in [-0.05, 0) is 11.6 Å². The monoisotopic (exact) mass is 316 g/mol. The lowest BCUT2D eigenvalue weighted by atomic mass is 10.2. The molecule has 1 rings (SSSR count). The summed E-state index contributed by atoms with van der Waals surface area (Å²) in [5.41, 5.74) is 0.815. The van der Waals surface area contributed by atoms with E-state index in [1.165, 1.54) is 19.2 Å². The van der Waals surface area contributed by atoms with Crippen LogP contribution < -0.4 is 5.32 Å². The predicted octanol–water partition coefficient (Wildman–Crippen LogP) is 2.01. The van der Waals surface area contributed by atoms with E-state index in [1.807, 2.05) is 0 Å². The van der Waals surface area contributed by atoms with Crippen molar-refractivity contribution >= 4 is 27.6 Å². The number of halogens is 1. The number of esters is 1. The summed E-state index contributed by atoms with van der Waals surface area (Å²) in [6.45, 7) is 0.921. The summed E-state index contributed by atoms with van der Waals surface area (Å²) in [5, 5.41) is 13.7. The van der Waals surface area contributed by atoms with Crippen molar-refractivity contribution in [2.75, 3.05) is 13.7 Å². The molecule has 98 valence electrons. The van der Waals surface area contributed by atoms with Crippen LogP contribution in [-0.2, 0) is 16.1 Å². The zero-order valence-electron chi connectivity index (χ0n) is 9.81. The van der Waals surface area contributed by atoms with Gasteiger partial charge >= 0.3 is 5.97 Å². The van der Waals surface area contributed by atoms with Gasteiger partial charge in [-0.25, -0.2) is 0 Å². The van der Waals surface area contributed by atoms with Crippen LogP contribution in [0.2, 0.25) is 0 Å². The molecule has 0 saturated heterocycles. The minimum absolute atomic E-state index is 0.0362. The van der Waals surface area contributed by atoms with Gasteiger partial charge in [-0.3, -0.25) is 14.9 Å². The molecule has 0 heterocycles. The molecule has 0 unspecified atom stereocenters. The van der Waals surface area contributed by atoms with Gasteiger partial charge in [0.05, 0.1) is 18.5 Å². The first kappa shape index (κ1) is 14.6. The van der Waals surface area contributed by atoms with Gasteiger partial charge in [0.2, 0.25) is 0 Å². The van der Waals surface area contributed by atoms with Crippen LogP contribution in [0.1, 0.15) is 12.0 Å². The number of non-ortho nitro benzene ring substituents is 1. The van der Waals surface area contributed by atoms with Gasteiger partial charge in [0, 0.05) is 29.7 Å². The fourth-order valence-electron chi connectivity index (χ4n) is 1.37. The quantitative estimate of drug-likeness (QED) is 0.376. The number of hydrogen-bond donors (Lipinski definition) is 1. The van der Waals surface area contributed by atoms with Crippen LogP contribution in [-0.4, -0.2) is 24.5 Å². The maximum absolute atomic E-state index is 10.9.